The first kappa shape index (κ1) is 19.7. The van der Waals surface area contributed by atoms with Gasteiger partial charge in [0.1, 0.15) is 5.03 Å². The van der Waals surface area contributed by atoms with Gasteiger partial charge < -0.3 is 5.32 Å². The van der Waals surface area contributed by atoms with E-state index in [2.05, 4.69) is 10.3 Å². The number of carbonyl (C=O) groups is 1. The van der Waals surface area contributed by atoms with Crippen molar-refractivity contribution in [3.63, 3.8) is 0 Å². The summed E-state index contributed by atoms with van der Waals surface area (Å²) < 4.78 is 13.8. The topological polar surface area (TPSA) is 59.1 Å². The van der Waals surface area contributed by atoms with Crippen LogP contribution in [-0.2, 0) is 10.8 Å². The molecule has 148 valence electrons. The number of nitrogens with one attached hydrogen (secondary N) is 1. The Morgan fingerprint density at radius 2 is 1.27 bits per heavy atom. The molecule has 0 radical (unpaired) electrons. The van der Waals surface area contributed by atoms with E-state index in [0.717, 1.165) is 11.1 Å². The van der Waals surface area contributed by atoms with Gasteiger partial charge in [-0.25, -0.2) is 4.98 Å². The fourth-order valence-electron chi connectivity index (χ4n) is 3.25. The number of rotatable bonds is 6. The van der Waals surface area contributed by atoms with E-state index in [1.165, 1.54) is 0 Å². The minimum Gasteiger partial charge on any atom is -0.322 e. The summed E-state index contributed by atoms with van der Waals surface area (Å²) in [6, 6.07) is 31.8. The average molecular weight is 413 g/mol. The smallest absolute Gasteiger partial charge is 0.258 e. The van der Waals surface area contributed by atoms with Gasteiger partial charge in [-0.15, -0.1) is 0 Å². The van der Waals surface area contributed by atoms with E-state index in [1.54, 1.807) is 18.3 Å². The molecule has 0 aliphatic heterocycles. The molecule has 1 heterocycles. The van der Waals surface area contributed by atoms with Gasteiger partial charge in [0, 0.05) is 11.9 Å². The third kappa shape index (κ3) is 4.36. The van der Waals surface area contributed by atoms with Gasteiger partial charge in [0.25, 0.3) is 5.91 Å². The van der Waals surface area contributed by atoms with Gasteiger partial charge in [0.05, 0.1) is 21.6 Å². The number of benzene rings is 3. The zero-order chi connectivity index (χ0) is 20.8. The molecule has 30 heavy (non-hydrogen) atoms. The van der Waals surface area contributed by atoms with E-state index in [0.29, 0.717) is 11.3 Å². The number of amides is 1. The summed E-state index contributed by atoms with van der Waals surface area (Å²) in [5, 5.41) is 2.69. The number of carbonyl (C=O) groups excluding carboxylic acids is 1. The second-order valence-electron chi connectivity index (χ2n) is 6.68. The van der Waals surface area contributed by atoms with Crippen LogP contribution < -0.4 is 5.32 Å². The second kappa shape index (κ2) is 9.29. The van der Waals surface area contributed by atoms with Gasteiger partial charge in [-0.1, -0.05) is 78.9 Å². The Morgan fingerprint density at radius 1 is 0.733 bits per heavy atom. The molecule has 0 spiro atoms. The number of para-hydroxylation sites is 1. The molecule has 1 unspecified atom stereocenters. The van der Waals surface area contributed by atoms with Crippen LogP contribution in [0.5, 0.6) is 0 Å². The van der Waals surface area contributed by atoms with Crippen molar-refractivity contribution in [2.45, 2.75) is 10.3 Å². The maximum atomic E-state index is 13.8. The molecular weight excluding hydrogens is 392 g/mol. The zero-order valence-electron chi connectivity index (χ0n) is 16.1. The van der Waals surface area contributed by atoms with Crippen molar-refractivity contribution in [3.8, 4) is 0 Å². The average Bonchev–Trinajstić information content (AvgIpc) is 2.81. The first-order valence-electron chi connectivity index (χ1n) is 9.56. The fraction of sp³-hybridized carbons (Fsp3) is 0.0400. The van der Waals surface area contributed by atoms with Crippen LogP contribution in [0.4, 0.5) is 5.69 Å². The molecule has 1 atom stereocenters. The van der Waals surface area contributed by atoms with Crippen molar-refractivity contribution < 1.29 is 9.00 Å². The Labute approximate surface area is 178 Å². The summed E-state index contributed by atoms with van der Waals surface area (Å²) in [6.07, 6.45) is 1.57. The highest BCUT2D eigenvalue weighted by atomic mass is 32.2. The molecular formula is C25H20N2O2S. The Kier molecular flexibility index (Phi) is 6.11. The number of anilines is 1. The quantitative estimate of drug-likeness (QED) is 0.472. The molecule has 5 heteroatoms. The van der Waals surface area contributed by atoms with Crippen LogP contribution in [-0.4, -0.2) is 15.1 Å². The van der Waals surface area contributed by atoms with Crippen molar-refractivity contribution in [1.82, 2.24) is 4.98 Å². The third-order valence-electron chi connectivity index (χ3n) is 4.66. The van der Waals surface area contributed by atoms with Gasteiger partial charge >= 0.3 is 0 Å². The highest BCUT2D eigenvalue weighted by Gasteiger charge is 2.27. The summed E-state index contributed by atoms with van der Waals surface area (Å²) in [6.45, 7) is 0. The number of hydrogen-bond donors (Lipinski definition) is 1. The van der Waals surface area contributed by atoms with E-state index in [9.17, 15) is 9.00 Å². The molecule has 3 aromatic carbocycles. The summed E-state index contributed by atoms with van der Waals surface area (Å²) >= 11 is 0. The van der Waals surface area contributed by atoms with Gasteiger partial charge in [-0.05, 0) is 35.4 Å². The molecule has 0 aliphatic carbocycles. The molecule has 0 saturated carbocycles. The third-order valence-corrected chi connectivity index (χ3v) is 6.34. The first-order chi connectivity index (χ1) is 14.7. The van der Waals surface area contributed by atoms with E-state index >= 15 is 0 Å². The maximum absolute atomic E-state index is 13.8. The molecule has 4 rings (SSSR count). The van der Waals surface area contributed by atoms with E-state index in [-0.39, 0.29) is 10.9 Å². The summed E-state index contributed by atoms with van der Waals surface area (Å²) in [5.74, 6) is -0.336. The highest BCUT2D eigenvalue weighted by Crippen LogP contribution is 2.32. The standard InChI is InChI=1S/C25H20N2O2S/c28-24(27-21-15-8-3-9-16-21)22-17-10-18-26-25(22)30(29)23(19-11-4-1-5-12-19)20-13-6-2-7-14-20/h1-18,23H,(H,27,28). The summed E-state index contributed by atoms with van der Waals surface area (Å²) in [7, 11) is -1.59. The molecule has 1 amide bonds. The monoisotopic (exact) mass is 412 g/mol. The molecule has 1 N–H and O–H groups in total. The maximum Gasteiger partial charge on any atom is 0.258 e. The number of hydrogen-bond acceptors (Lipinski definition) is 3. The van der Waals surface area contributed by atoms with Gasteiger partial charge in [0.2, 0.25) is 0 Å². The molecule has 0 aliphatic rings. The minimum atomic E-state index is -1.59. The van der Waals surface area contributed by atoms with Gasteiger partial charge in [-0.2, -0.15) is 0 Å². The van der Waals surface area contributed by atoms with Crippen molar-refractivity contribution in [3.05, 3.63) is 126 Å². The lowest BCUT2D eigenvalue weighted by Crippen LogP contribution is -2.18. The molecule has 4 aromatic rings. The van der Waals surface area contributed by atoms with Crippen LogP contribution in [0.2, 0.25) is 0 Å². The van der Waals surface area contributed by atoms with Gasteiger partial charge in [-0.3, -0.25) is 9.00 Å². The second-order valence-corrected chi connectivity index (χ2v) is 8.13. The minimum absolute atomic E-state index is 0.267. The van der Waals surface area contributed by atoms with Gasteiger partial charge in [0.15, 0.2) is 0 Å². The van der Waals surface area contributed by atoms with Crippen molar-refractivity contribution in [2.24, 2.45) is 0 Å². The lowest BCUT2D eigenvalue weighted by Gasteiger charge is -2.19. The first-order valence-corrected chi connectivity index (χ1v) is 10.8. The molecule has 0 fully saturated rings. The van der Waals surface area contributed by atoms with Crippen LogP contribution in [0.15, 0.2) is 114 Å². The number of nitrogens with zero attached hydrogens (tertiary/aromatic N) is 1. The van der Waals surface area contributed by atoms with Crippen LogP contribution in [0.1, 0.15) is 26.7 Å². The van der Waals surface area contributed by atoms with E-state index in [1.807, 2.05) is 91.0 Å². The predicted molar refractivity (Wildman–Crippen MR) is 120 cm³/mol. The molecule has 0 bridgehead atoms. The van der Waals surface area contributed by atoms with E-state index < -0.39 is 16.0 Å². The van der Waals surface area contributed by atoms with Crippen LogP contribution in [0, 0.1) is 0 Å². The largest absolute Gasteiger partial charge is 0.322 e. The number of aromatic nitrogens is 1. The molecule has 0 saturated heterocycles. The lowest BCUT2D eigenvalue weighted by atomic mass is 10.0. The zero-order valence-corrected chi connectivity index (χ0v) is 17.0. The molecule has 4 nitrogen and oxygen atoms in total. The molecule has 1 aromatic heterocycles. The van der Waals surface area contributed by atoms with Crippen molar-refractivity contribution in [2.75, 3.05) is 5.32 Å². The lowest BCUT2D eigenvalue weighted by molar-refractivity contribution is 0.102. The van der Waals surface area contributed by atoms with Crippen LogP contribution in [0.25, 0.3) is 0 Å². The van der Waals surface area contributed by atoms with Crippen LogP contribution >= 0.6 is 0 Å². The van der Waals surface area contributed by atoms with E-state index in [4.69, 9.17) is 0 Å². The Hall–Kier alpha value is -3.57. The summed E-state index contributed by atoms with van der Waals surface area (Å²) in [4.78, 5) is 17.3. The number of pyridine rings is 1. The highest BCUT2D eigenvalue weighted by molar-refractivity contribution is 7.85. The van der Waals surface area contributed by atoms with Crippen molar-refractivity contribution in [1.29, 1.82) is 0 Å². The predicted octanol–water partition coefficient (Wildman–Crippen LogP) is 5.23. The van der Waals surface area contributed by atoms with Crippen LogP contribution in [0.3, 0.4) is 0 Å². The fourth-order valence-corrected chi connectivity index (χ4v) is 4.82. The Bertz CT molecular complexity index is 1110. The summed E-state index contributed by atoms with van der Waals surface area (Å²) in [5.41, 5.74) is 2.78. The SMILES string of the molecule is O=C(Nc1ccccc1)c1cccnc1S(=O)C(c1ccccc1)c1ccccc1. The Balaban J connectivity index is 1.73. The Morgan fingerprint density at radius 3 is 1.83 bits per heavy atom. The normalized spacial score (nSPS) is 11.8. The van der Waals surface area contributed by atoms with Crippen molar-refractivity contribution >= 4 is 22.4 Å².